The van der Waals surface area contributed by atoms with Crippen molar-refractivity contribution in [1.82, 2.24) is 0 Å². The standard InChI is InChI=1S/C22H17F9O5/c1-2-3-4-32-13-9-33-20(34-10-13)11-5-14(23)18(15(24)6-11)21(27,28)35-12-7-16(25)19(17(26)8-12)36-22(29,30)31/h2,5-8,13,20H,1,3-4,9-10H2. The van der Waals surface area contributed by atoms with Gasteiger partial charge in [-0.2, -0.15) is 8.78 Å². The first kappa shape index (κ1) is 27.6. The molecule has 1 saturated heterocycles. The van der Waals surface area contributed by atoms with E-state index in [0.717, 1.165) is 0 Å². The molecule has 5 nitrogen and oxygen atoms in total. The molecule has 3 rings (SSSR count). The molecule has 0 saturated carbocycles. The average Bonchev–Trinajstić information content (AvgIpc) is 2.75. The van der Waals surface area contributed by atoms with Crippen LogP contribution >= 0.6 is 0 Å². The van der Waals surface area contributed by atoms with Gasteiger partial charge in [-0.15, -0.1) is 19.8 Å². The Balaban J connectivity index is 1.75. The van der Waals surface area contributed by atoms with Gasteiger partial charge in [0.2, 0.25) is 5.75 Å². The fourth-order valence-electron chi connectivity index (χ4n) is 3.11. The van der Waals surface area contributed by atoms with Crippen LogP contribution < -0.4 is 9.47 Å². The second-order valence-corrected chi connectivity index (χ2v) is 7.31. The maximum absolute atomic E-state index is 14.5. The minimum atomic E-state index is -5.48. The lowest BCUT2D eigenvalue weighted by atomic mass is 10.1. The first-order chi connectivity index (χ1) is 16.8. The van der Waals surface area contributed by atoms with Crippen LogP contribution in [0.3, 0.4) is 0 Å². The molecular weight excluding hydrogens is 515 g/mol. The monoisotopic (exact) mass is 532 g/mol. The number of hydrogen-bond acceptors (Lipinski definition) is 5. The number of halogens is 9. The highest BCUT2D eigenvalue weighted by atomic mass is 19.4. The van der Waals surface area contributed by atoms with E-state index in [9.17, 15) is 39.5 Å². The lowest BCUT2D eigenvalue weighted by molar-refractivity contribution is -0.276. The fraction of sp³-hybridized carbons (Fsp3) is 0.364. The Morgan fingerprint density at radius 3 is 1.92 bits per heavy atom. The Morgan fingerprint density at radius 2 is 1.42 bits per heavy atom. The van der Waals surface area contributed by atoms with Crippen molar-refractivity contribution < 1.29 is 63.2 Å². The first-order valence-corrected chi connectivity index (χ1v) is 10.1. The fourth-order valence-corrected chi connectivity index (χ4v) is 3.11. The molecule has 2 aromatic rings. The van der Waals surface area contributed by atoms with Gasteiger partial charge in [0.1, 0.15) is 29.1 Å². The molecule has 0 unspecified atom stereocenters. The minimum absolute atomic E-state index is 0.0166. The van der Waals surface area contributed by atoms with Crippen LogP contribution in [0.2, 0.25) is 0 Å². The van der Waals surface area contributed by atoms with Crippen molar-refractivity contribution in [3.05, 3.63) is 71.3 Å². The van der Waals surface area contributed by atoms with Crippen LogP contribution in [0.25, 0.3) is 0 Å². The molecule has 1 heterocycles. The molecule has 0 aliphatic carbocycles. The predicted molar refractivity (Wildman–Crippen MR) is 103 cm³/mol. The van der Waals surface area contributed by atoms with E-state index in [2.05, 4.69) is 16.1 Å². The number of benzene rings is 2. The second-order valence-electron chi connectivity index (χ2n) is 7.31. The molecule has 198 valence electrons. The van der Waals surface area contributed by atoms with Crippen molar-refractivity contribution in [2.75, 3.05) is 19.8 Å². The summed E-state index contributed by atoms with van der Waals surface area (Å²) in [5, 5.41) is 0. The summed E-state index contributed by atoms with van der Waals surface area (Å²) < 4.78 is 145. The molecule has 2 aromatic carbocycles. The normalized spacial score (nSPS) is 18.7. The summed E-state index contributed by atoms with van der Waals surface area (Å²) in [5.41, 5.74) is -2.22. The van der Waals surface area contributed by atoms with Gasteiger partial charge in [0.15, 0.2) is 17.9 Å². The summed E-state index contributed by atoms with van der Waals surface area (Å²) in [4.78, 5) is 0. The quantitative estimate of drug-likeness (QED) is 0.216. The summed E-state index contributed by atoms with van der Waals surface area (Å²) in [5.74, 6) is -11.0. The number of alkyl halides is 5. The van der Waals surface area contributed by atoms with Gasteiger partial charge < -0.3 is 23.7 Å². The summed E-state index contributed by atoms with van der Waals surface area (Å²) in [7, 11) is 0. The maximum atomic E-state index is 14.5. The van der Waals surface area contributed by atoms with Gasteiger partial charge in [-0.25, -0.2) is 17.6 Å². The number of ether oxygens (including phenoxy) is 5. The van der Waals surface area contributed by atoms with Gasteiger partial charge in [-0.3, -0.25) is 0 Å². The molecule has 0 amide bonds. The maximum Gasteiger partial charge on any atom is 0.573 e. The van der Waals surface area contributed by atoms with Crippen LogP contribution in [-0.2, 0) is 20.3 Å². The summed E-state index contributed by atoms with van der Waals surface area (Å²) in [6, 6.07) is 0.834. The zero-order valence-corrected chi connectivity index (χ0v) is 18.0. The summed E-state index contributed by atoms with van der Waals surface area (Å²) in [6.07, 6.45) is -9.89. The summed E-state index contributed by atoms with van der Waals surface area (Å²) in [6.45, 7) is 3.83. The van der Waals surface area contributed by atoms with Crippen LogP contribution in [-0.4, -0.2) is 32.3 Å². The highest BCUT2D eigenvalue weighted by molar-refractivity contribution is 5.36. The molecule has 0 atom stereocenters. The third-order valence-corrected chi connectivity index (χ3v) is 4.61. The van der Waals surface area contributed by atoms with E-state index in [-0.39, 0.29) is 30.9 Å². The van der Waals surface area contributed by atoms with Gasteiger partial charge in [-0.05, 0) is 18.6 Å². The van der Waals surface area contributed by atoms with Gasteiger partial charge in [0, 0.05) is 17.7 Å². The Kier molecular flexibility index (Phi) is 8.41. The van der Waals surface area contributed by atoms with Crippen LogP contribution in [0.4, 0.5) is 39.5 Å². The predicted octanol–water partition coefficient (Wildman–Crippen LogP) is 6.28. The van der Waals surface area contributed by atoms with Gasteiger partial charge >= 0.3 is 12.5 Å². The topological polar surface area (TPSA) is 46.2 Å². The van der Waals surface area contributed by atoms with Crippen molar-refractivity contribution in [3.63, 3.8) is 0 Å². The Hall–Kier alpha value is -2.97. The van der Waals surface area contributed by atoms with Crippen molar-refractivity contribution in [2.24, 2.45) is 0 Å². The third kappa shape index (κ3) is 6.83. The van der Waals surface area contributed by atoms with E-state index < -0.39 is 65.2 Å². The van der Waals surface area contributed by atoms with Crippen LogP contribution in [0.1, 0.15) is 23.8 Å². The van der Waals surface area contributed by atoms with Crippen LogP contribution in [0.15, 0.2) is 36.9 Å². The summed E-state index contributed by atoms with van der Waals surface area (Å²) >= 11 is 0. The highest BCUT2D eigenvalue weighted by Gasteiger charge is 2.42. The van der Waals surface area contributed by atoms with E-state index in [1.54, 1.807) is 6.08 Å². The van der Waals surface area contributed by atoms with Crippen molar-refractivity contribution in [2.45, 2.75) is 31.3 Å². The van der Waals surface area contributed by atoms with Gasteiger partial charge in [0.25, 0.3) is 0 Å². The Bertz CT molecular complexity index is 1040. The molecule has 1 fully saturated rings. The lowest BCUT2D eigenvalue weighted by Gasteiger charge is -2.30. The number of hydrogen-bond donors (Lipinski definition) is 0. The van der Waals surface area contributed by atoms with Crippen LogP contribution in [0, 0.1) is 23.3 Å². The lowest BCUT2D eigenvalue weighted by Crippen LogP contribution is -2.34. The van der Waals surface area contributed by atoms with Gasteiger partial charge in [-0.1, -0.05) is 6.08 Å². The Labute approximate surface area is 198 Å². The van der Waals surface area contributed by atoms with E-state index in [4.69, 9.17) is 14.2 Å². The van der Waals surface area contributed by atoms with E-state index in [1.807, 2.05) is 0 Å². The molecule has 1 aliphatic rings. The first-order valence-electron chi connectivity index (χ1n) is 10.1. The zero-order chi connectivity index (χ0) is 26.7. The largest absolute Gasteiger partial charge is 0.573 e. The third-order valence-electron chi connectivity index (χ3n) is 4.61. The molecule has 0 N–H and O–H groups in total. The zero-order valence-electron chi connectivity index (χ0n) is 18.0. The smallest absolute Gasteiger partial charge is 0.429 e. The van der Waals surface area contributed by atoms with E-state index in [0.29, 0.717) is 25.2 Å². The minimum Gasteiger partial charge on any atom is -0.429 e. The average molecular weight is 532 g/mol. The molecule has 0 radical (unpaired) electrons. The van der Waals surface area contributed by atoms with Gasteiger partial charge in [0.05, 0.1) is 19.8 Å². The SMILES string of the molecule is C=CCCOC1COC(c2cc(F)c(C(F)(F)Oc3cc(F)c(OC(F)(F)F)c(F)c3)c(F)c2)OC1. The second kappa shape index (κ2) is 11.0. The molecule has 36 heavy (non-hydrogen) atoms. The van der Waals surface area contributed by atoms with Crippen molar-refractivity contribution in [3.8, 4) is 11.5 Å². The Morgan fingerprint density at radius 1 is 0.861 bits per heavy atom. The van der Waals surface area contributed by atoms with Crippen LogP contribution in [0.5, 0.6) is 11.5 Å². The highest BCUT2D eigenvalue weighted by Crippen LogP contribution is 2.39. The molecule has 14 heteroatoms. The van der Waals surface area contributed by atoms with Crippen molar-refractivity contribution >= 4 is 0 Å². The molecule has 0 aromatic heterocycles. The van der Waals surface area contributed by atoms with Crippen molar-refractivity contribution in [1.29, 1.82) is 0 Å². The number of rotatable bonds is 9. The molecule has 0 bridgehead atoms. The molecule has 0 spiro atoms. The van der Waals surface area contributed by atoms with E-state index in [1.165, 1.54) is 0 Å². The molecule has 1 aliphatic heterocycles. The molecular formula is C22H17F9O5. The van der Waals surface area contributed by atoms with E-state index >= 15 is 0 Å².